The van der Waals surface area contributed by atoms with E-state index in [2.05, 4.69) is 35.6 Å². The average Bonchev–Trinajstić information content (AvgIpc) is 2.54. The summed E-state index contributed by atoms with van der Waals surface area (Å²) in [6.45, 7) is 10.8. The van der Waals surface area contributed by atoms with Crippen molar-refractivity contribution < 1.29 is 4.79 Å². The zero-order valence-electron chi connectivity index (χ0n) is 14.3. The third-order valence-corrected chi connectivity index (χ3v) is 4.47. The molecular weight excluding hydrogens is 276 g/mol. The van der Waals surface area contributed by atoms with Gasteiger partial charge in [0.05, 0.1) is 0 Å². The molecule has 22 heavy (non-hydrogen) atoms. The maximum Gasteiger partial charge on any atom is 0.272 e. The van der Waals surface area contributed by atoms with Crippen LogP contribution in [0.4, 0.5) is 5.95 Å². The number of likely N-dealkylation sites (tertiary alicyclic amines) is 1. The molecule has 1 aromatic rings. The van der Waals surface area contributed by atoms with E-state index >= 15 is 0 Å². The third-order valence-electron chi connectivity index (χ3n) is 4.47. The van der Waals surface area contributed by atoms with E-state index in [4.69, 9.17) is 0 Å². The van der Waals surface area contributed by atoms with Crippen molar-refractivity contribution in [2.24, 2.45) is 0 Å². The highest BCUT2D eigenvalue weighted by Gasteiger charge is 2.27. The van der Waals surface area contributed by atoms with Crippen LogP contribution in [0.15, 0.2) is 6.07 Å². The van der Waals surface area contributed by atoms with Crippen molar-refractivity contribution >= 4 is 11.9 Å². The monoisotopic (exact) mass is 304 g/mol. The lowest BCUT2D eigenvalue weighted by molar-refractivity contribution is 0.0601. The molecular formula is C17H28N4O. The van der Waals surface area contributed by atoms with Crippen LogP contribution in [0.3, 0.4) is 0 Å². The van der Waals surface area contributed by atoms with Crippen LogP contribution in [0.5, 0.6) is 0 Å². The molecule has 2 rings (SSSR count). The highest BCUT2D eigenvalue weighted by atomic mass is 16.2. The molecule has 1 amide bonds. The lowest BCUT2D eigenvalue weighted by atomic mass is 9.99. The largest absolute Gasteiger partial charge is 0.341 e. The van der Waals surface area contributed by atoms with Crippen LogP contribution in [-0.4, -0.2) is 46.5 Å². The van der Waals surface area contributed by atoms with Gasteiger partial charge in [0.25, 0.3) is 5.91 Å². The molecule has 0 aromatic carbocycles. The number of aryl methyl sites for hydroxylation is 1. The van der Waals surface area contributed by atoms with E-state index in [-0.39, 0.29) is 5.91 Å². The molecule has 1 saturated heterocycles. The summed E-state index contributed by atoms with van der Waals surface area (Å²) in [5.74, 6) is 0.726. The van der Waals surface area contributed by atoms with E-state index in [1.807, 2.05) is 17.9 Å². The molecule has 0 N–H and O–H groups in total. The molecule has 1 unspecified atom stereocenters. The van der Waals surface area contributed by atoms with Crippen molar-refractivity contribution in [3.8, 4) is 0 Å². The van der Waals surface area contributed by atoms with Crippen molar-refractivity contribution in [2.45, 2.75) is 59.4 Å². The fourth-order valence-electron chi connectivity index (χ4n) is 3.15. The van der Waals surface area contributed by atoms with Gasteiger partial charge >= 0.3 is 0 Å². The van der Waals surface area contributed by atoms with Gasteiger partial charge < -0.3 is 9.80 Å². The SMILES string of the molecule is CCC1CCCCN1C(=O)c1cc(C)nc(N(CC)CC)n1. The van der Waals surface area contributed by atoms with Crippen LogP contribution in [0.2, 0.25) is 0 Å². The summed E-state index contributed by atoms with van der Waals surface area (Å²) >= 11 is 0. The van der Waals surface area contributed by atoms with E-state index in [0.29, 0.717) is 17.7 Å². The van der Waals surface area contributed by atoms with Gasteiger partial charge in [0, 0.05) is 31.4 Å². The van der Waals surface area contributed by atoms with Crippen LogP contribution in [-0.2, 0) is 0 Å². The van der Waals surface area contributed by atoms with Crippen LogP contribution in [0, 0.1) is 6.92 Å². The maximum atomic E-state index is 12.9. The Morgan fingerprint density at radius 3 is 2.64 bits per heavy atom. The van der Waals surface area contributed by atoms with E-state index in [1.54, 1.807) is 0 Å². The number of hydrogen-bond acceptors (Lipinski definition) is 4. The molecule has 5 heteroatoms. The second kappa shape index (κ2) is 7.56. The summed E-state index contributed by atoms with van der Waals surface area (Å²) in [7, 11) is 0. The van der Waals surface area contributed by atoms with Gasteiger partial charge in [-0.05, 0) is 52.5 Å². The summed E-state index contributed by atoms with van der Waals surface area (Å²) in [5.41, 5.74) is 1.39. The van der Waals surface area contributed by atoms with Crippen molar-refractivity contribution in [3.05, 3.63) is 17.5 Å². The summed E-state index contributed by atoms with van der Waals surface area (Å²) in [6.07, 6.45) is 4.43. The number of piperidine rings is 1. The molecule has 1 aromatic heterocycles. The molecule has 0 bridgehead atoms. The lowest BCUT2D eigenvalue weighted by Crippen LogP contribution is -2.43. The number of carbonyl (C=O) groups is 1. The Balaban J connectivity index is 2.28. The molecule has 122 valence electrons. The lowest BCUT2D eigenvalue weighted by Gasteiger charge is -2.35. The van der Waals surface area contributed by atoms with Crippen LogP contribution >= 0.6 is 0 Å². The molecule has 0 spiro atoms. The fraction of sp³-hybridized carbons (Fsp3) is 0.706. The van der Waals surface area contributed by atoms with Gasteiger partial charge in [-0.2, -0.15) is 0 Å². The Hall–Kier alpha value is -1.65. The standard InChI is InChI=1S/C17H28N4O/c1-5-14-10-8-9-11-21(14)16(22)15-12-13(4)18-17(19-15)20(6-2)7-3/h12,14H,5-11H2,1-4H3. The number of carbonyl (C=O) groups excluding carboxylic acids is 1. The van der Waals surface area contributed by atoms with Crippen molar-refractivity contribution in [1.82, 2.24) is 14.9 Å². The second-order valence-corrected chi connectivity index (χ2v) is 5.92. The van der Waals surface area contributed by atoms with Gasteiger partial charge in [0.2, 0.25) is 5.95 Å². The Bertz CT molecular complexity index is 513. The molecule has 1 aliphatic heterocycles. The Morgan fingerprint density at radius 2 is 2.00 bits per heavy atom. The average molecular weight is 304 g/mol. The molecule has 1 aliphatic rings. The number of anilines is 1. The topological polar surface area (TPSA) is 49.3 Å². The van der Waals surface area contributed by atoms with Crippen LogP contribution in [0.25, 0.3) is 0 Å². The summed E-state index contributed by atoms with van der Waals surface area (Å²) in [5, 5.41) is 0. The third kappa shape index (κ3) is 3.57. The number of amides is 1. The number of rotatable bonds is 5. The van der Waals surface area contributed by atoms with Crippen LogP contribution < -0.4 is 4.90 Å². The highest BCUT2D eigenvalue weighted by Crippen LogP contribution is 2.22. The minimum Gasteiger partial charge on any atom is -0.341 e. The molecule has 5 nitrogen and oxygen atoms in total. The number of aromatic nitrogens is 2. The smallest absolute Gasteiger partial charge is 0.272 e. The minimum atomic E-state index is 0.0606. The van der Waals surface area contributed by atoms with Crippen molar-refractivity contribution in [1.29, 1.82) is 0 Å². The highest BCUT2D eigenvalue weighted by molar-refractivity contribution is 5.93. The molecule has 2 heterocycles. The molecule has 0 radical (unpaired) electrons. The van der Waals surface area contributed by atoms with Gasteiger partial charge in [-0.15, -0.1) is 0 Å². The maximum absolute atomic E-state index is 12.9. The summed E-state index contributed by atoms with van der Waals surface area (Å²) < 4.78 is 0. The predicted molar refractivity (Wildman–Crippen MR) is 89.3 cm³/mol. The van der Waals surface area contributed by atoms with E-state index < -0.39 is 0 Å². The predicted octanol–water partition coefficient (Wildman–Crippen LogP) is 3.04. The first-order valence-corrected chi connectivity index (χ1v) is 8.52. The normalized spacial score (nSPS) is 18.4. The van der Waals surface area contributed by atoms with Crippen molar-refractivity contribution in [3.63, 3.8) is 0 Å². The van der Waals surface area contributed by atoms with Gasteiger partial charge in [-0.3, -0.25) is 4.79 Å². The Labute approximate surface area is 133 Å². The first-order valence-electron chi connectivity index (χ1n) is 8.52. The second-order valence-electron chi connectivity index (χ2n) is 5.92. The summed E-state index contributed by atoms with van der Waals surface area (Å²) in [4.78, 5) is 26.0. The number of nitrogens with zero attached hydrogens (tertiary/aromatic N) is 4. The zero-order valence-corrected chi connectivity index (χ0v) is 14.3. The molecule has 1 atom stereocenters. The van der Waals surface area contributed by atoms with E-state index in [9.17, 15) is 4.79 Å². The Kier molecular flexibility index (Phi) is 5.75. The first-order chi connectivity index (χ1) is 10.6. The van der Waals surface area contributed by atoms with Crippen molar-refractivity contribution in [2.75, 3.05) is 24.5 Å². The fourth-order valence-corrected chi connectivity index (χ4v) is 3.15. The van der Waals surface area contributed by atoms with Gasteiger partial charge in [-0.1, -0.05) is 6.92 Å². The summed E-state index contributed by atoms with van der Waals surface area (Å²) in [6, 6.07) is 2.17. The first kappa shape index (κ1) is 16.7. The van der Waals surface area contributed by atoms with Gasteiger partial charge in [0.15, 0.2) is 0 Å². The number of hydrogen-bond donors (Lipinski definition) is 0. The minimum absolute atomic E-state index is 0.0606. The Morgan fingerprint density at radius 1 is 1.27 bits per heavy atom. The molecule has 0 saturated carbocycles. The van der Waals surface area contributed by atoms with Crippen LogP contribution in [0.1, 0.15) is 62.6 Å². The van der Waals surface area contributed by atoms with Gasteiger partial charge in [0.1, 0.15) is 5.69 Å². The molecule has 1 fully saturated rings. The van der Waals surface area contributed by atoms with Gasteiger partial charge in [-0.25, -0.2) is 9.97 Å². The zero-order chi connectivity index (χ0) is 16.1. The van der Waals surface area contributed by atoms with E-state index in [1.165, 1.54) is 6.42 Å². The van der Waals surface area contributed by atoms with E-state index in [0.717, 1.165) is 44.6 Å². The molecule has 0 aliphatic carbocycles. The quantitative estimate of drug-likeness (QED) is 0.839.